The number of benzene rings is 2. The summed E-state index contributed by atoms with van der Waals surface area (Å²) in [4.78, 5) is 24.1. The minimum Gasteiger partial charge on any atom is -0.494 e. The molecule has 38 heavy (non-hydrogen) atoms. The van der Waals surface area contributed by atoms with E-state index in [1.165, 1.54) is 12.1 Å². The number of carbonyl (C=O) groups excluding carboxylic acids is 1. The number of hydrogen-bond acceptors (Lipinski definition) is 5. The van der Waals surface area contributed by atoms with Crippen LogP contribution in [0.4, 0.5) is 15.8 Å². The van der Waals surface area contributed by atoms with E-state index in [0.29, 0.717) is 30.1 Å². The summed E-state index contributed by atoms with van der Waals surface area (Å²) >= 11 is 0. The molecule has 8 nitrogen and oxygen atoms in total. The van der Waals surface area contributed by atoms with Crippen LogP contribution in [0.2, 0.25) is 0 Å². The number of nitrogens with one attached hydrogen (secondary N) is 2. The molecule has 196 valence electrons. The maximum Gasteiger partial charge on any atom is 0.256 e. The van der Waals surface area contributed by atoms with Gasteiger partial charge in [0.15, 0.2) is 11.5 Å². The van der Waals surface area contributed by atoms with Crippen LogP contribution in [0.5, 0.6) is 5.88 Å². The minimum absolute atomic E-state index is 0.0593. The van der Waals surface area contributed by atoms with Gasteiger partial charge in [-0.1, -0.05) is 13.0 Å². The molecule has 3 aromatic heterocycles. The molecule has 0 radical (unpaired) electrons. The van der Waals surface area contributed by atoms with Gasteiger partial charge in [-0.3, -0.25) is 9.20 Å². The van der Waals surface area contributed by atoms with Crippen molar-refractivity contribution >= 4 is 33.7 Å². The maximum atomic E-state index is 15.1. The molecule has 0 unspecified atom stereocenters. The fourth-order valence-electron chi connectivity index (χ4n) is 4.57. The minimum atomic E-state index is -0.568. The van der Waals surface area contributed by atoms with E-state index in [9.17, 15) is 9.90 Å². The van der Waals surface area contributed by atoms with Gasteiger partial charge in [-0.2, -0.15) is 0 Å². The van der Waals surface area contributed by atoms with Gasteiger partial charge in [-0.05, 0) is 68.5 Å². The second-order valence-electron chi connectivity index (χ2n) is 9.29. The van der Waals surface area contributed by atoms with Crippen molar-refractivity contribution in [2.45, 2.75) is 13.8 Å². The number of H-pyrrole nitrogens is 1. The monoisotopic (exact) mass is 514 g/mol. The molecule has 0 aliphatic rings. The van der Waals surface area contributed by atoms with Crippen molar-refractivity contribution in [3.63, 3.8) is 0 Å². The molecule has 5 aromatic rings. The van der Waals surface area contributed by atoms with E-state index in [4.69, 9.17) is 0 Å². The van der Waals surface area contributed by atoms with E-state index in [1.54, 1.807) is 23.4 Å². The highest BCUT2D eigenvalue weighted by Gasteiger charge is 2.19. The van der Waals surface area contributed by atoms with Crippen LogP contribution in [-0.4, -0.2) is 68.4 Å². The zero-order valence-corrected chi connectivity index (χ0v) is 21.7. The lowest BCUT2D eigenvalue weighted by Gasteiger charge is -2.24. The predicted octanol–water partition coefficient (Wildman–Crippen LogP) is 5.48. The van der Waals surface area contributed by atoms with E-state index >= 15 is 4.39 Å². The summed E-state index contributed by atoms with van der Waals surface area (Å²) in [5, 5.41) is 14.8. The van der Waals surface area contributed by atoms with E-state index in [2.05, 4.69) is 27.1 Å². The van der Waals surface area contributed by atoms with Crippen LogP contribution in [0.25, 0.3) is 27.7 Å². The number of aromatic nitrogens is 3. The number of rotatable bonds is 9. The highest BCUT2D eigenvalue weighted by atomic mass is 19.1. The van der Waals surface area contributed by atoms with Crippen LogP contribution >= 0.6 is 0 Å². The molecule has 3 heterocycles. The summed E-state index contributed by atoms with van der Waals surface area (Å²) in [5.41, 5.74) is 3.85. The van der Waals surface area contributed by atoms with Gasteiger partial charge in [-0.15, -0.1) is 0 Å². The third-order valence-electron chi connectivity index (χ3n) is 6.95. The van der Waals surface area contributed by atoms with Crippen molar-refractivity contribution in [3.05, 3.63) is 78.5 Å². The van der Waals surface area contributed by atoms with Gasteiger partial charge < -0.3 is 25.2 Å². The van der Waals surface area contributed by atoms with Crippen LogP contribution in [0.3, 0.4) is 0 Å². The molecule has 5 rings (SSSR count). The predicted molar refractivity (Wildman–Crippen MR) is 149 cm³/mol. The average Bonchev–Trinajstić information content (AvgIpc) is 3.56. The number of aromatic hydroxyl groups is 1. The molecule has 0 bridgehead atoms. The molecule has 1 amide bonds. The highest BCUT2D eigenvalue weighted by Crippen LogP contribution is 2.32. The number of carbonyl (C=O) groups is 1. The van der Waals surface area contributed by atoms with Gasteiger partial charge in [0.05, 0.1) is 16.9 Å². The normalized spacial score (nSPS) is 11.5. The zero-order valence-electron chi connectivity index (χ0n) is 21.7. The number of likely N-dealkylation sites (N-methyl/N-ethyl adjacent to an activating group) is 2. The molecule has 0 saturated heterocycles. The van der Waals surface area contributed by atoms with Crippen molar-refractivity contribution in [1.82, 2.24) is 24.2 Å². The van der Waals surface area contributed by atoms with Gasteiger partial charge in [0, 0.05) is 54.7 Å². The third-order valence-corrected chi connectivity index (χ3v) is 6.95. The molecule has 0 atom stereocenters. The number of amides is 1. The molecule has 3 N–H and O–H groups in total. The van der Waals surface area contributed by atoms with E-state index in [-0.39, 0.29) is 17.4 Å². The number of hydrogen-bond donors (Lipinski definition) is 3. The smallest absolute Gasteiger partial charge is 0.256 e. The van der Waals surface area contributed by atoms with Crippen molar-refractivity contribution in [2.75, 3.05) is 38.5 Å². The van der Waals surface area contributed by atoms with E-state index < -0.39 is 5.82 Å². The number of imidazole rings is 1. The molecular weight excluding hydrogens is 483 g/mol. The number of anilines is 2. The van der Waals surface area contributed by atoms with Crippen molar-refractivity contribution in [2.24, 2.45) is 0 Å². The molecule has 9 heteroatoms. The van der Waals surface area contributed by atoms with Crippen molar-refractivity contribution in [3.8, 4) is 17.1 Å². The Kier molecular flexibility index (Phi) is 7.02. The average molecular weight is 515 g/mol. The van der Waals surface area contributed by atoms with Gasteiger partial charge in [0.1, 0.15) is 5.82 Å². The third kappa shape index (κ3) is 4.80. The largest absolute Gasteiger partial charge is 0.494 e. The Morgan fingerprint density at radius 1 is 1.11 bits per heavy atom. The van der Waals surface area contributed by atoms with Crippen LogP contribution in [0.1, 0.15) is 24.2 Å². The Morgan fingerprint density at radius 3 is 2.71 bits per heavy atom. The zero-order chi connectivity index (χ0) is 26.8. The Bertz CT molecular complexity index is 1610. The lowest BCUT2D eigenvalue weighted by atomic mass is 10.1. The van der Waals surface area contributed by atoms with Gasteiger partial charge in [-0.25, -0.2) is 9.37 Å². The van der Waals surface area contributed by atoms with Crippen LogP contribution in [0, 0.1) is 5.82 Å². The first kappa shape index (κ1) is 25.3. The number of pyridine rings is 1. The molecule has 0 fully saturated rings. The molecule has 0 spiro atoms. The molecule has 2 aromatic carbocycles. The summed E-state index contributed by atoms with van der Waals surface area (Å²) in [5.74, 6) is -0.736. The van der Waals surface area contributed by atoms with Crippen molar-refractivity contribution < 1.29 is 14.3 Å². The topological polar surface area (TPSA) is 88.9 Å². The maximum absolute atomic E-state index is 15.1. The van der Waals surface area contributed by atoms with E-state index in [1.807, 2.05) is 54.9 Å². The Hall–Kier alpha value is -4.37. The summed E-state index contributed by atoms with van der Waals surface area (Å²) in [6.45, 7) is 6.63. The van der Waals surface area contributed by atoms with Crippen LogP contribution < -0.4 is 5.32 Å². The lowest BCUT2D eigenvalue weighted by Crippen LogP contribution is -2.37. The Morgan fingerprint density at radius 2 is 1.95 bits per heavy atom. The fourth-order valence-corrected chi connectivity index (χ4v) is 4.57. The van der Waals surface area contributed by atoms with E-state index in [0.717, 1.165) is 35.1 Å². The number of aromatic amines is 1. The van der Waals surface area contributed by atoms with Gasteiger partial charge in [0.25, 0.3) is 5.91 Å². The first-order valence-corrected chi connectivity index (χ1v) is 12.7. The molecule has 0 aliphatic carbocycles. The van der Waals surface area contributed by atoms with Crippen molar-refractivity contribution in [1.29, 1.82) is 0 Å². The quantitative estimate of drug-likeness (QED) is 0.242. The first-order valence-electron chi connectivity index (χ1n) is 12.7. The lowest BCUT2D eigenvalue weighted by molar-refractivity contribution is 0.0746. The van der Waals surface area contributed by atoms with Crippen LogP contribution in [-0.2, 0) is 0 Å². The second-order valence-corrected chi connectivity index (χ2v) is 9.29. The summed E-state index contributed by atoms with van der Waals surface area (Å²) in [6, 6.07) is 14.3. The summed E-state index contributed by atoms with van der Waals surface area (Å²) < 4.78 is 17.0. The molecule has 0 saturated carbocycles. The second kappa shape index (κ2) is 10.5. The Balaban J connectivity index is 1.38. The Labute approximate surface area is 220 Å². The van der Waals surface area contributed by atoms with Gasteiger partial charge in [0.2, 0.25) is 0 Å². The molecule has 0 aliphatic heterocycles. The number of nitrogens with zero attached hydrogens (tertiary/aromatic N) is 4. The summed E-state index contributed by atoms with van der Waals surface area (Å²) in [6.07, 6.45) is 5.34. The fraction of sp³-hybridized carbons (Fsp3) is 0.241. The number of fused-ring (bicyclic) bond motifs is 2. The van der Waals surface area contributed by atoms with Crippen LogP contribution in [0.15, 0.2) is 67.1 Å². The first-order chi connectivity index (χ1) is 18.4. The summed E-state index contributed by atoms with van der Waals surface area (Å²) in [7, 11) is 2.00. The van der Waals surface area contributed by atoms with Gasteiger partial charge >= 0.3 is 0 Å². The standard InChI is InChI=1S/C29H31FN6O2/c1-4-34(3)14-15-35(5-2)29(38)23-9-7-21(17-24(23)30)33-25-10-11-26(36-13-12-31-27(25)36)19-6-8-22-20(16-19)18-32-28(22)37/h6-13,16-18,32-33,37H,4-5,14-15H2,1-3H3. The highest BCUT2D eigenvalue weighted by molar-refractivity contribution is 5.95. The number of halogens is 1. The SMILES string of the molecule is CCN(C)CCN(CC)C(=O)c1ccc(Nc2ccc(-c3ccc4c(O)[nH]cc4c3)n3ccnc23)cc1F. The molecular formula is C29H31FN6O2.